The Morgan fingerprint density at radius 3 is 2.30 bits per heavy atom. The first kappa shape index (κ1) is 16.6. The number of aliphatic hydroxyl groups is 3. The van der Waals surface area contributed by atoms with Crippen LogP contribution in [0.2, 0.25) is 0 Å². The molecule has 4 heteroatoms. The minimum absolute atomic E-state index is 0.133. The predicted octanol–water partition coefficient (Wildman–Crippen LogP) is 2.94. The summed E-state index contributed by atoms with van der Waals surface area (Å²) in [4.78, 5) is 0. The summed E-state index contributed by atoms with van der Waals surface area (Å²) in [6, 6.07) is 0. The first-order chi connectivity index (χ1) is 10.8. The van der Waals surface area contributed by atoms with Crippen molar-refractivity contribution in [1.29, 1.82) is 0 Å². The van der Waals surface area contributed by atoms with E-state index in [0.29, 0.717) is 17.8 Å². The van der Waals surface area contributed by atoms with Gasteiger partial charge in [-0.05, 0) is 79.4 Å². The zero-order valence-electron chi connectivity index (χ0n) is 14.3. The van der Waals surface area contributed by atoms with Crippen LogP contribution in [0.3, 0.4) is 0 Å². The predicted molar refractivity (Wildman–Crippen MR) is 90.2 cm³/mol. The van der Waals surface area contributed by atoms with Crippen LogP contribution in [0.15, 0.2) is 0 Å². The number of alkyl halides is 1. The van der Waals surface area contributed by atoms with Crippen molar-refractivity contribution in [3.63, 3.8) is 0 Å². The van der Waals surface area contributed by atoms with Crippen LogP contribution in [0, 0.1) is 34.5 Å². The van der Waals surface area contributed by atoms with Gasteiger partial charge in [0, 0.05) is 0 Å². The molecule has 4 fully saturated rings. The molecule has 0 aromatic heterocycles. The fourth-order valence-corrected chi connectivity index (χ4v) is 7.63. The van der Waals surface area contributed by atoms with E-state index >= 15 is 0 Å². The standard InChI is InChI=1S/C19H31ClO3/c1-18-5-3-11(21)7-10(18)8-15(22)16-12(18)4-6-19(2)13(16)9-14(20)17(19)23/h10-17,21-23H,3-9H2,1-2H3/t10?,11-,12-,13-,14+,15-,16+,17-,18-,19-/m0/s1. The molecule has 0 heterocycles. The van der Waals surface area contributed by atoms with Gasteiger partial charge in [0.25, 0.3) is 0 Å². The fourth-order valence-electron chi connectivity index (χ4n) is 7.15. The van der Waals surface area contributed by atoms with E-state index in [1.54, 1.807) is 0 Å². The maximum atomic E-state index is 11.0. The van der Waals surface area contributed by atoms with Gasteiger partial charge in [-0.2, -0.15) is 0 Å². The molecule has 3 nitrogen and oxygen atoms in total. The van der Waals surface area contributed by atoms with Gasteiger partial charge in [0.1, 0.15) is 0 Å². The zero-order valence-corrected chi connectivity index (χ0v) is 15.0. The van der Waals surface area contributed by atoms with Crippen LogP contribution in [0.4, 0.5) is 0 Å². The Kier molecular flexibility index (Phi) is 3.85. The Bertz CT molecular complexity index is 485. The van der Waals surface area contributed by atoms with Crippen LogP contribution in [0.5, 0.6) is 0 Å². The second kappa shape index (κ2) is 5.33. The minimum atomic E-state index is -0.443. The molecule has 23 heavy (non-hydrogen) atoms. The summed E-state index contributed by atoms with van der Waals surface area (Å²) >= 11 is 6.43. The molecule has 0 aliphatic heterocycles. The number of aliphatic hydroxyl groups excluding tert-OH is 3. The van der Waals surface area contributed by atoms with E-state index in [4.69, 9.17) is 11.6 Å². The highest BCUT2D eigenvalue weighted by atomic mass is 35.5. The Morgan fingerprint density at radius 1 is 0.870 bits per heavy atom. The molecule has 0 aromatic carbocycles. The topological polar surface area (TPSA) is 60.7 Å². The Balaban J connectivity index is 1.68. The molecular formula is C19H31ClO3. The molecule has 10 atom stereocenters. The van der Waals surface area contributed by atoms with Gasteiger partial charge in [0.15, 0.2) is 0 Å². The largest absolute Gasteiger partial charge is 0.393 e. The lowest BCUT2D eigenvalue weighted by Gasteiger charge is -2.61. The van der Waals surface area contributed by atoms with Crippen molar-refractivity contribution in [2.24, 2.45) is 34.5 Å². The van der Waals surface area contributed by atoms with Crippen molar-refractivity contribution >= 4 is 11.6 Å². The van der Waals surface area contributed by atoms with Crippen LogP contribution in [-0.2, 0) is 0 Å². The SMILES string of the molecule is C[C@]12CC[C@H]3[C@@H]([C@@H](O)CC4C[C@@H](O)CC[C@@]43C)[C@@H]1C[C@@H](Cl)[C@@H]2O. The molecular weight excluding hydrogens is 312 g/mol. The molecule has 0 amide bonds. The molecule has 4 aliphatic carbocycles. The summed E-state index contributed by atoms with van der Waals surface area (Å²) in [6.45, 7) is 4.59. The van der Waals surface area contributed by atoms with Crippen LogP contribution < -0.4 is 0 Å². The van der Waals surface area contributed by atoms with Gasteiger partial charge in [0.05, 0.1) is 23.7 Å². The average Bonchev–Trinajstić information content (AvgIpc) is 2.73. The minimum Gasteiger partial charge on any atom is -0.393 e. The monoisotopic (exact) mass is 342 g/mol. The summed E-state index contributed by atoms with van der Waals surface area (Å²) in [6.07, 6.45) is 5.62. The van der Waals surface area contributed by atoms with Crippen LogP contribution in [0.25, 0.3) is 0 Å². The molecule has 1 unspecified atom stereocenters. The third kappa shape index (κ3) is 2.19. The van der Waals surface area contributed by atoms with E-state index in [0.717, 1.165) is 44.9 Å². The Morgan fingerprint density at radius 2 is 1.57 bits per heavy atom. The number of hydrogen-bond donors (Lipinski definition) is 3. The van der Waals surface area contributed by atoms with Gasteiger partial charge in [0.2, 0.25) is 0 Å². The first-order valence-corrected chi connectivity index (χ1v) is 9.89. The summed E-state index contributed by atoms with van der Waals surface area (Å²) in [7, 11) is 0. The van der Waals surface area contributed by atoms with Gasteiger partial charge < -0.3 is 15.3 Å². The molecule has 4 saturated carbocycles. The van der Waals surface area contributed by atoms with Gasteiger partial charge in [-0.25, -0.2) is 0 Å². The molecule has 4 rings (SSSR count). The molecule has 0 saturated heterocycles. The maximum absolute atomic E-state index is 11.0. The lowest BCUT2D eigenvalue weighted by Crippen LogP contribution is -2.58. The van der Waals surface area contributed by atoms with Crippen LogP contribution >= 0.6 is 11.6 Å². The summed E-state index contributed by atoms with van der Waals surface area (Å²) in [5, 5.41) is 31.5. The van der Waals surface area contributed by atoms with Crippen molar-refractivity contribution in [2.45, 2.75) is 82.5 Å². The van der Waals surface area contributed by atoms with Gasteiger partial charge in [-0.1, -0.05) is 13.8 Å². The van der Waals surface area contributed by atoms with Crippen molar-refractivity contribution in [3.05, 3.63) is 0 Å². The molecule has 3 N–H and O–H groups in total. The highest BCUT2D eigenvalue weighted by Gasteiger charge is 2.64. The van der Waals surface area contributed by atoms with E-state index in [2.05, 4.69) is 13.8 Å². The number of rotatable bonds is 0. The summed E-state index contributed by atoms with van der Waals surface area (Å²) < 4.78 is 0. The summed E-state index contributed by atoms with van der Waals surface area (Å²) in [5.74, 6) is 1.54. The lowest BCUT2D eigenvalue weighted by molar-refractivity contribution is -0.176. The molecule has 0 spiro atoms. The van der Waals surface area contributed by atoms with Crippen LogP contribution in [0.1, 0.15) is 58.8 Å². The second-order valence-corrected chi connectivity index (χ2v) is 10.0. The van der Waals surface area contributed by atoms with Crippen molar-refractivity contribution < 1.29 is 15.3 Å². The maximum Gasteiger partial charge on any atom is 0.0760 e. The Labute approximate surface area is 144 Å². The smallest absolute Gasteiger partial charge is 0.0760 e. The highest BCUT2D eigenvalue weighted by Crippen LogP contribution is 2.66. The van der Waals surface area contributed by atoms with Gasteiger partial charge in [-0.3, -0.25) is 0 Å². The highest BCUT2D eigenvalue weighted by molar-refractivity contribution is 6.21. The number of halogens is 1. The first-order valence-electron chi connectivity index (χ1n) is 9.45. The van der Waals surface area contributed by atoms with E-state index < -0.39 is 6.10 Å². The van der Waals surface area contributed by atoms with Crippen LogP contribution in [-0.4, -0.2) is 39.0 Å². The van der Waals surface area contributed by atoms with E-state index in [1.165, 1.54) is 0 Å². The summed E-state index contributed by atoms with van der Waals surface area (Å²) in [5.41, 5.74) is 0.103. The Hall–Kier alpha value is 0.170. The number of hydrogen-bond acceptors (Lipinski definition) is 3. The second-order valence-electron chi connectivity index (χ2n) is 9.47. The molecule has 132 valence electrons. The molecule has 4 aliphatic rings. The quantitative estimate of drug-likeness (QED) is 0.593. The fraction of sp³-hybridized carbons (Fsp3) is 1.00. The van der Waals surface area contributed by atoms with Gasteiger partial charge in [-0.15, -0.1) is 11.6 Å². The molecule has 0 radical (unpaired) electrons. The molecule has 0 bridgehead atoms. The van der Waals surface area contributed by atoms with E-state index in [9.17, 15) is 15.3 Å². The third-order valence-corrected chi connectivity index (χ3v) is 9.01. The van der Waals surface area contributed by atoms with Crippen molar-refractivity contribution in [2.75, 3.05) is 0 Å². The van der Waals surface area contributed by atoms with E-state index in [1.807, 2.05) is 0 Å². The van der Waals surface area contributed by atoms with Crippen molar-refractivity contribution in [3.8, 4) is 0 Å². The van der Waals surface area contributed by atoms with Crippen molar-refractivity contribution in [1.82, 2.24) is 0 Å². The normalized spacial score (nSPS) is 62.3. The average molecular weight is 343 g/mol. The molecule has 0 aromatic rings. The zero-order chi connectivity index (χ0) is 16.6. The lowest BCUT2D eigenvalue weighted by atomic mass is 9.44. The third-order valence-electron chi connectivity index (χ3n) is 8.59. The van der Waals surface area contributed by atoms with E-state index in [-0.39, 0.29) is 34.3 Å². The number of fused-ring (bicyclic) bond motifs is 5. The van der Waals surface area contributed by atoms with Gasteiger partial charge >= 0.3 is 0 Å².